The van der Waals surface area contributed by atoms with E-state index in [0.717, 1.165) is 23.4 Å². The van der Waals surface area contributed by atoms with Gasteiger partial charge in [-0.1, -0.05) is 44.2 Å². The van der Waals surface area contributed by atoms with Crippen molar-refractivity contribution in [1.82, 2.24) is 14.8 Å². The molecule has 7 nitrogen and oxygen atoms in total. The first kappa shape index (κ1) is 25.6. The first-order valence-electron chi connectivity index (χ1n) is 12.5. The number of aromatic amines is 1. The SMILES string of the molecule is CC(C)OC(=O)C1=CN(C(=O)OC(C)(C)C)CC(C)(C)c2c1[nH]c1c2C=CN(Cc2ccccc2)C1. The summed E-state index contributed by atoms with van der Waals surface area (Å²) in [4.78, 5) is 33.7. The molecule has 7 heteroatoms. The number of hydrogen-bond acceptors (Lipinski definition) is 5. The molecule has 3 heterocycles. The molecule has 0 fully saturated rings. The number of fused-ring (bicyclic) bond motifs is 3. The third kappa shape index (κ3) is 5.50. The molecule has 4 rings (SSSR count). The molecule has 192 valence electrons. The Morgan fingerprint density at radius 1 is 1.14 bits per heavy atom. The molecule has 2 aliphatic heterocycles. The van der Waals surface area contributed by atoms with Crippen LogP contribution in [0.25, 0.3) is 11.6 Å². The lowest BCUT2D eigenvalue weighted by atomic mass is 9.80. The van der Waals surface area contributed by atoms with E-state index in [1.54, 1.807) is 6.20 Å². The number of carbonyl (C=O) groups is 2. The molecular weight excluding hydrogens is 454 g/mol. The highest BCUT2D eigenvalue weighted by atomic mass is 16.6. The zero-order valence-corrected chi connectivity index (χ0v) is 22.3. The fraction of sp³-hybridized carbons (Fsp3) is 0.448. The van der Waals surface area contributed by atoms with Crippen LogP contribution in [0, 0.1) is 0 Å². The maximum Gasteiger partial charge on any atom is 0.414 e. The molecule has 2 aliphatic rings. The van der Waals surface area contributed by atoms with Crippen LogP contribution in [0.1, 0.15) is 76.5 Å². The minimum absolute atomic E-state index is 0.293. The van der Waals surface area contributed by atoms with Crippen LogP contribution in [0.2, 0.25) is 0 Å². The Bertz CT molecular complexity index is 1200. The van der Waals surface area contributed by atoms with E-state index < -0.39 is 23.1 Å². The largest absolute Gasteiger partial charge is 0.459 e. The normalized spacial score (nSPS) is 16.7. The van der Waals surface area contributed by atoms with E-state index >= 15 is 0 Å². The lowest BCUT2D eigenvalue weighted by Gasteiger charge is -2.32. The van der Waals surface area contributed by atoms with E-state index in [9.17, 15) is 9.59 Å². The van der Waals surface area contributed by atoms with Crippen LogP contribution < -0.4 is 0 Å². The number of nitrogens with one attached hydrogen (secondary N) is 1. The van der Waals surface area contributed by atoms with Crippen LogP contribution in [-0.4, -0.2) is 45.1 Å². The Labute approximate surface area is 213 Å². The number of aromatic nitrogens is 1. The van der Waals surface area contributed by atoms with Crippen LogP contribution in [0.3, 0.4) is 0 Å². The van der Waals surface area contributed by atoms with E-state index in [1.165, 1.54) is 10.5 Å². The highest BCUT2D eigenvalue weighted by Crippen LogP contribution is 2.41. The van der Waals surface area contributed by atoms with Gasteiger partial charge >= 0.3 is 12.1 Å². The summed E-state index contributed by atoms with van der Waals surface area (Å²) in [7, 11) is 0. The minimum Gasteiger partial charge on any atom is -0.459 e. The summed E-state index contributed by atoms with van der Waals surface area (Å²) in [6.45, 7) is 15.1. The van der Waals surface area contributed by atoms with Crippen molar-refractivity contribution in [3.8, 4) is 0 Å². The summed E-state index contributed by atoms with van der Waals surface area (Å²) in [5, 5.41) is 0. The van der Waals surface area contributed by atoms with Gasteiger partial charge in [0.2, 0.25) is 0 Å². The summed E-state index contributed by atoms with van der Waals surface area (Å²) in [5.41, 5.74) is 4.26. The van der Waals surface area contributed by atoms with E-state index in [0.29, 0.717) is 24.4 Å². The van der Waals surface area contributed by atoms with Crippen molar-refractivity contribution in [1.29, 1.82) is 0 Å². The molecule has 0 unspecified atom stereocenters. The van der Waals surface area contributed by atoms with Gasteiger partial charge in [-0.2, -0.15) is 0 Å². The zero-order chi connectivity index (χ0) is 26.3. The molecule has 1 N–H and O–H groups in total. The van der Waals surface area contributed by atoms with Crippen molar-refractivity contribution in [3.05, 3.63) is 70.8 Å². The summed E-state index contributed by atoms with van der Waals surface area (Å²) >= 11 is 0. The van der Waals surface area contributed by atoms with Gasteiger partial charge in [0, 0.05) is 42.2 Å². The lowest BCUT2D eigenvalue weighted by molar-refractivity contribution is -0.140. The minimum atomic E-state index is -0.654. The average molecular weight is 492 g/mol. The quantitative estimate of drug-likeness (QED) is 0.546. The van der Waals surface area contributed by atoms with Gasteiger partial charge in [-0.15, -0.1) is 0 Å². The van der Waals surface area contributed by atoms with Crippen molar-refractivity contribution >= 4 is 23.7 Å². The van der Waals surface area contributed by atoms with E-state index in [-0.39, 0.29) is 6.10 Å². The molecule has 0 saturated carbocycles. The van der Waals surface area contributed by atoms with Gasteiger partial charge in [-0.25, -0.2) is 9.59 Å². The smallest absolute Gasteiger partial charge is 0.414 e. The number of carbonyl (C=O) groups excluding carboxylic acids is 2. The highest BCUT2D eigenvalue weighted by Gasteiger charge is 2.40. The number of benzene rings is 1. The predicted octanol–water partition coefficient (Wildman–Crippen LogP) is 5.82. The van der Waals surface area contributed by atoms with Gasteiger partial charge < -0.3 is 19.4 Å². The van der Waals surface area contributed by atoms with Gasteiger partial charge in [0.1, 0.15) is 5.60 Å². The van der Waals surface area contributed by atoms with E-state index in [1.807, 2.05) is 52.8 Å². The molecule has 0 radical (unpaired) electrons. The Balaban J connectivity index is 1.74. The van der Waals surface area contributed by atoms with E-state index in [2.05, 4.69) is 48.1 Å². The second kappa shape index (κ2) is 9.52. The number of amides is 1. The van der Waals surface area contributed by atoms with Crippen molar-refractivity contribution in [2.45, 2.75) is 78.7 Å². The zero-order valence-electron chi connectivity index (χ0n) is 22.3. The Morgan fingerprint density at radius 3 is 2.47 bits per heavy atom. The average Bonchev–Trinajstić information content (AvgIpc) is 3.09. The monoisotopic (exact) mass is 491 g/mol. The maximum atomic E-state index is 13.3. The van der Waals surface area contributed by atoms with E-state index in [4.69, 9.17) is 9.47 Å². The summed E-state index contributed by atoms with van der Waals surface area (Å²) in [6, 6.07) is 10.3. The first-order chi connectivity index (χ1) is 16.8. The fourth-order valence-electron chi connectivity index (χ4n) is 4.78. The molecule has 0 spiro atoms. The molecule has 2 aromatic rings. The second-order valence-corrected chi connectivity index (χ2v) is 11.5. The Hall–Kier alpha value is -3.48. The number of ether oxygens (including phenoxy) is 2. The van der Waals surface area contributed by atoms with Crippen molar-refractivity contribution in [2.75, 3.05) is 6.54 Å². The predicted molar refractivity (Wildman–Crippen MR) is 141 cm³/mol. The fourth-order valence-corrected chi connectivity index (χ4v) is 4.78. The number of esters is 1. The topological polar surface area (TPSA) is 74.9 Å². The standard InChI is InChI=1S/C29H37N3O4/c1-19(2)35-26(33)22-16-32(27(34)36-28(3,4)5)18-29(6,7)24-21-13-14-31(17-23(21)30-25(22)24)15-20-11-9-8-10-12-20/h8-14,16,19,30H,15,17-18H2,1-7H3. The molecule has 36 heavy (non-hydrogen) atoms. The summed E-state index contributed by atoms with van der Waals surface area (Å²) in [6.07, 6.45) is 5.01. The molecule has 0 atom stereocenters. The van der Waals surface area contributed by atoms with Gasteiger partial charge in [0.25, 0.3) is 0 Å². The molecule has 0 aliphatic carbocycles. The van der Waals surface area contributed by atoms with Crippen LogP contribution in [0.5, 0.6) is 0 Å². The number of H-pyrrole nitrogens is 1. The molecule has 1 aromatic carbocycles. The molecule has 1 aromatic heterocycles. The van der Waals surface area contributed by atoms with Crippen LogP contribution in [0.15, 0.2) is 42.7 Å². The third-order valence-corrected chi connectivity index (χ3v) is 6.15. The van der Waals surface area contributed by atoms with Crippen LogP contribution in [-0.2, 0) is 32.8 Å². The van der Waals surface area contributed by atoms with Crippen LogP contribution >= 0.6 is 0 Å². The third-order valence-electron chi connectivity index (χ3n) is 6.15. The molecule has 0 bridgehead atoms. The molecule has 1 amide bonds. The Kier molecular flexibility index (Phi) is 6.78. The molecule has 0 saturated heterocycles. The lowest BCUT2D eigenvalue weighted by Crippen LogP contribution is -2.40. The second-order valence-electron chi connectivity index (χ2n) is 11.5. The maximum absolute atomic E-state index is 13.3. The number of nitrogens with zero attached hydrogens (tertiary/aromatic N) is 2. The van der Waals surface area contributed by atoms with Gasteiger partial charge in [0.15, 0.2) is 0 Å². The van der Waals surface area contributed by atoms with Crippen molar-refractivity contribution in [2.24, 2.45) is 0 Å². The first-order valence-corrected chi connectivity index (χ1v) is 12.5. The Morgan fingerprint density at radius 2 is 1.83 bits per heavy atom. The summed E-state index contributed by atoms with van der Waals surface area (Å²) in [5.74, 6) is -0.471. The van der Waals surface area contributed by atoms with Crippen LogP contribution in [0.4, 0.5) is 4.79 Å². The molecular formula is C29H37N3O4. The highest BCUT2D eigenvalue weighted by molar-refractivity contribution is 6.17. The van der Waals surface area contributed by atoms with Crippen molar-refractivity contribution in [3.63, 3.8) is 0 Å². The van der Waals surface area contributed by atoms with Gasteiger partial charge in [0.05, 0.1) is 23.9 Å². The number of rotatable bonds is 4. The van der Waals surface area contributed by atoms with Gasteiger partial charge in [-0.3, -0.25) is 4.90 Å². The summed E-state index contributed by atoms with van der Waals surface area (Å²) < 4.78 is 11.3. The van der Waals surface area contributed by atoms with Gasteiger partial charge in [-0.05, 0) is 51.8 Å². The number of hydrogen-bond donors (Lipinski definition) is 1. The van der Waals surface area contributed by atoms with Crippen molar-refractivity contribution < 1.29 is 19.1 Å².